The number of aryl methyl sites for hydroxylation is 1. The highest BCUT2D eigenvalue weighted by Gasteiger charge is 2.09. The summed E-state index contributed by atoms with van der Waals surface area (Å²) in [5.74, 6) is 0.188. The van der Waals surface area contributed by atoms with Gasteiger partial charge in [-0.05, 0) is 6.07 Å². The molecule has 0 N–H and O–H groups in total. The van der Waals surface area contributed by atoms with Crippen LogP contribution in [0.3, 0.4) is 0 Å². The average molecular weight is 206 g/mol. The second-order valence-electron chi connectivity index (χ2n) is 2.98. The van der Waals surface area contributed by atoms with E-state index < -0.39 is 10.5 Å². The van der Waals surface area contributed by atoms with Gasteiger partial charge in [0.25, 0.3) is 5.69 Å². The summed E-state index contributed by atoms with van der Waals surface area (Å²) < 4.78 is 4.75. The molecule has 1 heterocycles. The van der Waals surface area contributed by atoms with Gasteiger partial charge in [0.05, 0.1) is 15.8 Å². The third-order valence-electron chi connectivity index (χ3n) is 1.93. The number of benzene rings is 1. The summed E-state index contributed by atoms with van der Waals surface area (Å²) in [6, 6.07) is 3.83. The lowest BCUT2D eigenvalue weighted by molar-refractivity contribution is -0.384. The first-order valence-corrected chi connectivity index (χ1v) is 4.14. The molecule has 0 bridgehead atoms. The van der Waals surface area contributed by atoms with Crippen molar-refractivity contribution in [1.82, 2.24) is 4.98 Å². The van der Waals surface area contributed by atoms with Crippen molar-refractivity contribution in [2.24, 2.45) is 0 Å². The van der Waals surface area contributed by atoms with Gasteiger partial charge in [-0.15, -0.1) is 0 Å². The maximum Gasteiger partial charge on any atom is 0.346 e. The van der Waals surface area contributed by atoms with E-state index in [0.29, 0.717) is 0 Å². The first kappa shape index (κ1) is 9.32. The lowest BCUT2D eigenvalue weighted by Crippen LogP contribution is -2.03. The van der Waals surface area contributed by atoms with Crippen molar-refractivity contribution in [2.75, 3.05) is 0 Å². The summed E-state index contributed by atoms with van der Waals surface area (Å²) in [7, 11) is 0. The molecule has 0 saturated carbocycles. The van der Waals surface area contributed by atoms with Crippen LogP contribution in [-0.4, -0.2) is 9.91 Å². The Balaban J connectivity index is 2.82. The Bertz CT molecular complexity index is 603. The molecule has 0 radical (unpaired) electrons. The molecule has 0 unspecified atom stereocenters. The maximum absolute atomic E-state index is 11.3. The number of hydrogen-bond acceptors (Lipinski definition) is 5. The molecule has 2 aromatic rings. The smallest absolute Gasteiger partial charge is 0.346 e. The van der Waals surface area contributed by atoms with Crippen molar-refractivity contribution in [1.29, 1.82) is 0 Å². The van der Waals surface area contributed by atoms with Gasteiger partial charge in [-0.2, -0.15) is 0 Å². The number of nitro groups is 1. The molecule has 0 aliphatic heterocycles. The molecule has 15 heavy (non-hydrogen) atoms. The van der Waals surface area contributed by atoms with E-state index in [-0.39, 0.29) is 22.5 Å². The molecular weight excluding hydrogens is 200 g/mol. The molecule has 6 nitrogen and oxygen atoms in total. The molecule has 6 heteroatoms. The van der Waals surface area contributed by atoms with Gasteiger partial charge >= 0.3 is 5.63 Å². The Morgan fingerprint density at radius 1 is 1.47 bits per heavy atom. The minimum atomic E-state index is -0.537. The van der Waals surface area contributed by atoms with Crippen molar-refractivity contribution in [3.05, 3.63) is 44.6 Å². The van der Waals surface area contributed by atoms with Gasteiger partial charge in [0, 0.05) is 19.1 Å². The Labute approximate surface area is 83.3 Å². The van der Waals surface area contributed by atoms with Crippen molar-refractivity contribution >= 4 is 16.6 Å². The van der Waals surface area contributed by atoms with Crippen LogP contribution < -0.4 is 5.63 Å². The molecule has 0 aliphatic carbocycles. The third kappa shape index (κ3) is 1.56. The fourth-order valence-electron chi connectivity index (χ4n) is 1.28. The summed E-state index contributed by atoms with van der Waals surface area (Å²) in [6.07, 6.45) is 0. The Hall–Kier alpha value is -2.24. The number of nitrogens with zero attached hydrogens (tertiary/aromatic N) is 2. The minimum absolute atomic E-state index is 0.0972. The van der Waals surface area contributed by atoms with Gasteiger partial charge in [0.1, 0.15) is 0 Å². The molecule has 0 aliphatic rings. The second-order valence-corrected chi connectivity index (χ2v) is 2.98. The summed E-state index contributed by atoms with van der Waals surface area (Å²) >= 11 is 0. The van der Waals surface area contributed by atoms with E-state index in [1.807, 2.05) is 0 Å². The van der Waals surface area contributed by atoms with E-state index in [9.17, 15) is 14.9 Å². The molecule has 0 saturated heterocycles. The topological polar surface area (TPSA) is 86.2 Å². The van der Waals surface area contributed by atoms with Crippen molar-refractivity contribution in [3.8, 4) is 0 Å². The number of non-ortho nitro benzene ring substituents is 1. The van der Waals surface area contributed by atoms with Gasteiger partial charge in [0.2, 0.25) is 0 Å². The van der Waals surface area contributed by atoms with Gasteiger partial charge in [-0.1, -0.05) is 0 Å². The van der Waals surface area contributed by atoms with Crippen LogP contribution in [0.4, 0.5) is 5.69 Å². The number of nitro benzene ring substituents is 1. The maximum atomic E-state index is 11.3. The Morgan fingerprint density at radius 2 is 2.20 bits per heavy atom. The highest BCUT2D eigenvalue weighted by Crippen LogP contribution is 2.16. The van der Waals surface area contributed by atoms with E-state index >= 15 is 0 Å². The van der Waals surface area contributed by atoms with Gasteiger partial charge in [0.15, 0.2) is 5.89 Å². The lowest BCUT2D eigenvalue weighted by atomic mass is 10.2. The number of hydrogen-bond donors (Lipinski definition) is 0. The predicted molar refractivity (Wildman–Crippen MR) is 51.7 cm³/mol. The molecular formula is C9H6N2O4. The van der Waals surface area contributed by atoms with Crippen molar-refractivity contribution in [3.63, 3.8) is 0 Å². The standard InChI is InChI=1S/C9H6N2O4/c1-5-10-8-4-6(11(13)14)2-3-7(8)9(12)15-5/h2-4H,1H3. The molecule has 0 atom stereocenters. The molecule has 0 amide bonds. The van der Waals surface area contributed by atoms with Crippen LogP contribution in [0.15, 0.2) is 27.4 Å². The highest BCUT2D eigenvalue weighted by molar-refractivity contribution is 5.79. The van der Waals surface area contributed by atoms with Crippen LogP contribution in [-0.2, 0) is 0 Å². The zero-order chi connectivity index (χ0) is 11.0. The fraction of sp³-hybridized carbons (Fsp3) is 0.111. The van der Waals surface area contributed by atoms with Crippen LogP contribution in [0.1, 0.15) is 5.89 Å². The summed E-state index contributed by atoms with van der Waals surface area (Å²) in [6.45, 7) is 1.51. The van der Waals surface area contributed by atoms with Crippen molar-refractivity contribution in [2.45, 2.75) is 6.92 Å². The van der Waals surface area contributed by atoms with E-state index in [4.69, 9.17) is 4.42 Å². The first-order chi connectivity index (χ1) is 7.08. The quantitative estimate of drug-likeness (QED) is 0.520. The van der Waals surface area contributed by atoms with Crippen LogP contribution >= 0.6 is 0 Å². The Kier molecular flexibility index (Phi) is 1.96. The zero-order valence-corrected chi connectivity index (χ0v) is 7.76. The molecule has 1 aromatic heterocycles. The van der Waals surface area contributed by atoms with Crippen LogP contribution in [0, 0.1) is 17.0 Å². The normalized spacial score (nSPS) is 10.5. The van der Waals surface area contributed by atoms with E-state index in [1.165, 1.54) is 25.1 Å². The summed E-state index contributed by atoms with van der Waals surface area (Å²) in [5.41, 5.74) is -0.356. The minimum Gasteiger partial charge on any atom is -0.408 e. The average Bonchev–Trinajstić information content (AvgIpc) is 2.16. The van der Waals surface area contributed by atoms with E-state index in [1.54, 1.807) is 0 Å². The SMILES string of the molecule is Cc1nc2cc([N+](=O)[O-])ccc2c(=O)o1. The van der Waals surface area contributed by atoms with Crippen LogP contribution in [0.25, 0.3) is 10.9 Å². The largest absolute Gasteiger partial charge is 0.408 e. The molecule has 76 valence electrons. The zero-order valence-electron chi connectivity index (χ0n) is 7.76. The van der Waals surface area contributed by atoms with Crippen LogP contribution in [0.2, 0.25) is 0 Å². The van der Waals surface area contributed by atoms with E-state index in [0.717, 1.165) is 0 Å². The molecule has 2 rings (SSSR count). The monoisotopic (exact) mass is 206 g/mol. The summed E-state index contributed by atoms with van der Waals surface area (Å²) in [4.78, 5) is 25.2. The van der Waals surface area contributed by atoms with Crippen LogP contribution in [0.5, 0.6) is 0 Å². The first-order valence-electron chi connectivity index (χ1n) is 4.14. The number of fused-ring (bicyclic) bond motifs is 1. The van der Waals surface area contributed by atoms with Gasteiger partial charge in [-0.25, -0.2) is 9.78 Å². The third-order valence-corrected chi connectivity index (χ3v) is 1.93. The molecule has 1 aromatic carbocycles. The number of aromatic nitrogens is 1. The van der Waals surface area contributed by atoms with Gasteiger partial charge in [-0.3, -0.25) is 10.1 Å². The van der Waals surface area contributed by atoms with E-state index in [2.05, 4.69) is 4.98 Å². The second kappa shape index (κ2) is 3.16. The fourth-order valence-corrected chi connectivity index (χ4v) is 1.28. The predicted octanol–water partition coefficient (Wildman–Crippen LogP) is 1.40. The van der Waals surface area contributed by atoms with Crippen molar-refractivity contribution < 1.29 is 9.34 Å². The van der Waals surface area contributed by atoms with Gasteiger partial charge < -0.3 is 4.42 Å². The Morgan fingerprint density at radius 3 is 2.87 bits per heavy atom. The highest BCUT2D eigenvalue weighted by atomic mass is 16.6. The molecule has 0 spiro atoms. The molecule has 0 fully saturated rings. The lowest BCUT2D eigenvalue weighted by Gasteiger charge is -1.96. The number of rotatable bonds is 1. The summed E-state index contributed by atoms with van der Waals surface area (Å²) in [5, 5.41) is 10.7.